The second-order valence-electron chi connectivity index (χ2n) is 9.38. The highest BCUT2D eigenvalue weighted by molar-refractivity contribution is 7.15. The molecule has 0 bridgehead atoms. The Morgan fingerprint density at radius 1 is 1.33 bits per heavy atom. The number of aryl methyl sites for hydroxylation is 2. The lowest BCUT2D eigenvalue weighted by molar-refractivity contribution is -0.130. The van der Waals surface area contributed by atoms with Crippen molar-refractivity contribution >= 4 is 34.5 Å². The zero-order valence-electron chi connectivity index (χ0n) is 20.3. The summed E-state index contributed by atoms with van der Waals surface area (Å²) >= 11 is 3.17. The fourth-order valence-corrected chi connectivity index (χ4v) is 7.94. The summed E-state index contributed by atoms with van der Waals surface area (Å²) < 4.78 is 0. The second kappa shape index (κ2) is 10.1. The fraction of sp³-hybridized carbons (Fsp3) is 0.500. The predicted octanol–water partition coefficient (Wildman–Crippen LogP) is 1.95. The minimum absolute atomic E-state index is 0.0251. The Labute approximate surface area is 217 Å². The van der Waals surface area contributed by atoms with Gasteiger partial charge in [-0.25, -0.2) is 0 Å². The Hall–Kier alpha value is -3.14. The number of aromatic amines is 1. The summed E-state index contributed by atoms with van der Waals surface area (Å²) in [7, 11) is 3.52. The van der Waals surface area contributed by atoms with Crippen LogP contribution in [0.2, 0.25) is 0 Å². The number of hydrogen-bond acceptors (Lipinski definition) is 9. The maximum atomic E-state index is 12.9. The molecule has 0 saturated carbocycles. The topological polar surface area (TPSA) is 131 Å². The molecule has 1 aliphatic heterocycles. The Morgan fingerprint density at radius 2 is 2.17 bits per heavy atom. The van der Waals surface area contributed by atoms with Crippen molar-refractivity contribution in [2.75, 3.05) is 33.7 Å². The number of H-pyrrole nitrogens is 1. The van der Waals surface area contributed by atoms with Crippen LogP contribution in [0.1, 0.15) is 55.6 Å². The molecule has 2 N–H and O–H groups in total. The van der Waals surface area contributed by atoms with Crippen LogP contribution in [-0.4, -0.2) is 82.0 Å². The Kier molecular flexibility index (Phi) is 6.87. The first kappa shape index (κ1) is 24.5. The van der Waals surface area contributed by atoms with Crippen molar-refractivity contribution in [3.8, 4) is 6.07 Å². The van der Waals surface area contributed by atoms with Crippen molar-refractivity contribution in [3.05, 3.63) is 49.1 Å². The lowest BCUT2D eigenvalue weighted by Crippen LogP contribution is -2.42. The third-order valence-electron chi connectivity index (χ3n) is 7.01. The predicted molar refractivity (Wildman–Crippen MR) is 136 cm³/mol. The minimum Gasteiger partial charge on any atom is -0.344 e. The van der Waals surface area contributed by atoms with Crippen LogP contribution in [0.4, 0.5) is 0 Å². The molecule has 0 aromatic carbocycles. The van der Waals surface area contributed by atoms with E-state index in [4.69, 9.17) is 0 Å². The largest absolute Gasteiger partial charge is 0.344 e. The van der Waals surface area contributed by atoms with Crippen molar-refractivity contribution in [2.24, 2.45) is 0 Å². The zero-order valence-corrected chi connectivity index (χ0v) is 21.9. The van der Waals surface area contributed by atoms with Gasteiger partial charge in [-0.1, -0.05) is 5.21 Å². The molecule has 3 aromatic heterocycles. The van der Waals surface area contributed by atoms with Gasteiger partial charge in [0.15, 0.2) is 5.82 Å². The molecule has 2 aliphatic rings. The highest BCUT2D eigenvalue weighted by Crippen LogP contribution is 2.50. The highest BCUT2D eigenvalue weighted by Gasteiger charge is 2.47. The number of amides is 2. The van der Waals surface area contributed by atoms with E-state index in [-0.39, 0.29) is 24.4 Å². The third kappa shape index (κ3) is 4.21. The van der Waals surface area contributed by atoms with Gasteiger partial charge in [-0.15, -0.1) is 32.9 Å². The quantitative estimate of drug-likeness (QED) is 0.452. The van der Waals surface area contributed by atoms with Crippen molar-refractivity contribution < 1.29 is 9.59 Å². The van der Waals surface area contributed by atoms with Crippen LogP contribution in [0.25, 0.3) is 0 Å². The first-order chi connectivity index (χ1) is 17.5. The van der Waals surface area contributed by atoms with Crippen molar-refractivity contribution in [2.45, 2.75) is 43.6 Å². The molecular weight excluding hydrogens is 496 g/mol. The molecular formula is C24H28N8O2S2. The molecule has 0 spiro atoms. The van der Waals surface area contributed by atoms with Gasteiger partial charge in [0.25, 0.3) is 5.91 Å². The monoisotopic (exact) mass is 524 g/mol. The summed E-state index contributed by atoms with van der Waals surface area (Å²) in [5.74, 6) is 0.487. The number of fused-ring (bicyclic) bond motifs is 2. The molecule has 1 saturated heterocycles. The number of hydrogen-bond donors (Lipinski definition) is 2. The lowest BCUT2D eigenvalue weighted by Gasteiger charge is -2.30. The number of thiophene rings is 2. The molecule has 1 aliphatic carbocycles. The van der Waals surface area contributed by atoms with Crippen LogP contribution in [0.15, 0.2) is 17.5 Å². The molecule has 0 radical (unpaired) electrons. The average Bonchev–Trinajstić information content (AvgIpc) is 3.68. The Balaban J connectivity index is 1.47. The number of nitrogens with one attached hydrogen (secondary N) is 2. The number of nitriles is 1. The molecule has 36 heavy (non-hydrogen) atoms. The molecule has 5 rings (SSSR count). The van der Waals surface area contributed by atoms with Gasteiger partial charge in [0, 0.05) is 30.4 Å². The standard InChI is InChI=1S/C24H28N8O2S2/c1-31(2)22(34)18-12-16-6-5-15-7-11-35-20(15)24(21(16)36-18,23-27-29-30-28-23)8-9-26-14-19(33)32-10-3-4-17(32)13-25/h7,11-12,17,26H,3-6,8-10,14H2,1-2H3,(H,27,28,29,30). The number of carbonyl (C=O) groups excluding carboxylic acids is 2. The molecule has 1 fully saturated rings. The van der Waals surface area contributed by atoms with Crippen molar-refractivity contribution in [1.82, 2.24) is 35.7 Å². The molecule has 4 heterocycles. The van der Waals surface area contributed by atoms with E-state index in [0.717, 1.165) is 41.0 Å². The van der Waals surface area contributed by atoms with E-state index < -0.39 is 5.41 Å². The van der Waals surface area contributed by atoms with E-state index in [2.05, 4.69) is 43.5 Å². The molecule has 2 atom stereocenters. The summed E-state index contributed by atoms with van der Waals surface area (Å²) in [6.07, 6.45) is 3.89. The molecule has 3 aromatic rings. The van der Waals surface area contributed by atoms with Gasteiger partial charge in [-0.3, -0.25) is 9.59 Å². The fourth-order valence-electron chi connectivity index (χ4n) is 5.24. The van der Waals surface area contributed by atoms with Gasteiger partial charge >= 0.3 is 0 Å². The van der Waals surface area contributed by atoms with E-state index in [9.17, 15) is 14.9 Å². The number of tetrazole rings is 1. The van der Waals surface area contributed by atoms with Gasteiger partial charge in [-0.2, -0.15) is 10.5 Å². The number of rotatable bonds is 7. The van der Waals surface area contributed by atoms with Crippen molar-refractivity contribution in [3.63, 3.8) is 0 Å². The maximum Gasteiger partial charge on any atom is 0.263 e. The Bertz CT molecular complexity index is 1290. The summed E-state index contributed by atoms with van der Waals surface area (Å²) in [5, 5.41) is 30.1. The first-order valence-electron chi connectivity index (χ1n) is 12.0. The lowest BCUT2D eigenvalue weighted by atomic mass is 9.78. The molecule has 12 heteroatoms. The van der Waals surface area contributed by atoms with Crippen LogP contribution in [-0.2, 0) is 23.1 Å². The molecule has 2 amide bonds. The summed E-state index contributed by atoms with van der Waals surface area (Å²) in [5.41, 5.74) is 1.69. The van der Waals surface area contributed by atoms with Crippen LogP contribution in [0.3, 0.4) is 0 Å². The number of likely N-dealkylation sites (tertiary alicyclic amines) is 1. The minimum atomic E-state index is -0.684. The SMILES string of the molecule is CN(C)C(=O)c1cc2c(s1)C(CCNCC(=O)N1CCCC1C#N)(c1nn[nH]n1)c1sccc1CC2. The number of nitrogens with zero attached hydrogens (tertiary/aromatic N) is 6. The maximum absolute atomic E-state index is 12.9. The average molecular weight is 525 g/mol. The van der Waals surface area contributed by atoms with Gasteiger partial charge in [0.05, 0.1) is 17.5 Å². The van der Waals surface area contributed by atoms with E-state index in [1.165, 1.54) is 16.9 Å². The summed E-state index contributed by atoms with van der Waals surface area (Å²) in [6.45, 7) is 1.32. The van der Waals surface area contributed by atoms with Crippen LogP contribution in [0.5, 0.6) is 0 Å². The van der Waals surface area contributed by atoms with Gasteiger partial charge in [0.1, 0.15) is 11.5 Å². The first-order valence-corrected chi connectivity index (χ1v) is 13.7. The second-order valence-corrected chi connectivity index (χ2v) is 11.3. The zero-order chi connectivity index (χ0) is 25.3. The normalized spacial score (nSPS) is 20.9. The van der Waals surface area contributed by atoms with Gasteiger partial charge in [-0.05, 0) is 67.3 Å². The van der Waals surface area contributed by atoms with Gasteiger partial charge < -0.3 is 15.1 Å². The Morgan fingerprint density at radius 3 is 2.92 bits per heavy atom. The van der Waals surface area contributed by atoms with E-state index in [1.807, 2.05) is 6.07 Å². The summed E-state index contributed by atoms with van der Waals surface area (Å²) in [6, 6.07) is 6.07. The molecule has 10 nitrogen and oxygen atoms in total. The van der Waals surface area contributed by atoms with E-state index >= 15 is 0 Å². The van der Waals surface area contributed by atoms with Crippen LogP contribution >= 0.6 is 22.7 Å². The molecule has 2 unspecified atom stereocenters. The smallest absolute Gasteiger partial charge is 0.263 e. The summed E-state index contributed by atoms with van der Waals surface area (Å²) in [4.78, 5) is 31.8. The number of aromatic nitrogens is 4. The van der Waals surface area contributed by atoms with Crippen molar-refractivity contribution in [1.29, 1.82) is 5.26 Å². The molecule has 188 valence electrons. The van der Waals surface area contributed by atoms with Crippen LogP contribution < -0.4 is 5.32 Å². The van der Waals surface area contributed by atoms with E-state index in [1.54, 1.807) is 35.2 Å². The van der Waals surface area contributed by atoms with E-state index in [0.29, 0.717) is 30.2 Å². The highest BCUT2D eigenvalue weighted by atomic mass is 32.1. The third-order valence-corrected chi connectivity index (χ3v) is 9.46. The van der Waals surface area contributed by atoms with Crippen LogP contribution in [0, 0.1) is 11.3 Å². The van der Waals surface area contributed by atoms with Gasteiger partial charge in [0.2, 0.25) is 5.91 Å². The number of carbonyl (C=O) groups is 2.